The number of halogens is 1. The number of ether oxygens (including phenoxy) is 1. The highest BCUT2D eigenvalue weighted by Gasteiger charge is 2.22. The molecular weight excluding hydrogens is 356 g/mol. The molecule has 1 aliphatic rings. The van der Waals surface area contributed by atoms with Crippen LogP contribution in [0.15, 0.2) is 41.3 Å². The van der Waals surface area contributed by atoms with Crippen molar-refractivity contribution in [2.45, 2.75) is 25.7 Å². The van der Waals surface area contributed by atoms with Gasteiger partial charge in [0.05, 0.1) is 31.2 Å². The number of methoxy groups -OCH3 is 1. The first-order valence-electron chi connectivity index (χ1n) is 7.36. The fourth-order valence-electron chi connectivity index (χ4n) is 2.37. The highest BCUT2D eigenvalue weighted by atomic mass is 79.9. The van der Waals surface area contributed by atoms with Gasteiger partial charge in [-0.25, -0.2) is 4.98 Å². The number of aromatic nitrogens is 2. The Morgan fingerprint density at radius 3 is 2.35 bits per heavy atom. The molecule has 0 saturated heterocycles. The van der Waals surface area contributed by atoms with Crippen molar-refractivity contribution in [2.75, 3.05) is 7.11 Å². The Hall–Kier alpha value is -2.06. The molecule has 0 atom stereocenters. The molecule has 4 nitrogen and oxygen atoms in total. The molecule has 0 radical (unpaired) electrons. The van der Waals surface area contributed by atoms with Crippen molar-refractivity contribution in [1.82, 2.24) is 9.97 Å². The average Bonchev–Trinajstić information content (AvgIpc) is 3.31. The summed E-state index contributed by atoms with van der Waals surface area (Å²) in [6, 6.07) is 8.10. The predicted molar refractivity (Wildman–Crippen MR) is 95.6 cm³/mol. The van der Waals surface area contributed by atoms with Crippen LogP contribution in [0.1, 0.15) is 25.7 Å². The molecule has 0 unspecified atom stereocenters. The van der Waals surface area contributed by atoms with E-state index in [1.807, 2.05) is 30.5 Å². The summed E-state index contributed by atoms with van der Waals surface area (Å²) in [7, 11) is 1.46. The lowest BCUT2D eigenvalue weighted by molar-refractivity contribution is -0.145. The Kier molecular flexibility index (Phi) is 8.78. The largest absolute Gasteiger partial charge is 0.469 e. The number of carbonyl (C=O) groups is 1. The number of benzene rings is 1. The second-order valence-corrected chi connectivity index (χ2v) is 5.89. The van der Waals surface area contributed by atoms with Crippen LogP contribution in [0.2, 0.25) is 0 Å². The summed E-state index contributed by atoms with van der Waals surface area (Å²) < 4.78 is 5.68. The van der Waals surface area contributed by atoms with Crippen LogP contribution in [-0.4, -0.2) is 23.0 Å². The topological polar surface area (TPSA) is 55.0 Å². The van der Waals surface area contributed by atoms with E-state index in [1.54, 1.807) is 6.33 Å². The van der Waals surface area contributed by atoms with Gasteiger partial charge in [0, 0.05) is 4.47 Å². The summed E-state index contributed by atoms with van der Waals surface area (Å²) >= 11 is 3.38. The number of terminal acetylenes is 1. The quantitative estimate of drug-likeness (QED) is 0.622. The van der Waals surface area contributed by atoms with Gasteiger partial charge in [0.2, 0.25) is 0 Å². The van der Waals surface area contributed by atoms with Crippen LogP contribution >= 0.6 is 15.9 Å². The molecule has 1 aromatic heterocycles. The molecule has 2 aromatic rings. The number of hydrogen-bond donors (Lipinski definition) is 1. The number of nitrogens with zero attached hydrogens (tertiary/aromatic N) is 1. The maximum absolute atomic E-state index is 10.8. The predicted octanol–water partition coefficient (Wildman–Crippen LogP) is 4.44. The average molecular weight is 377 g/mol. The number of aromatic amines is 1. The van der Waals surface area contributed by atoms with Gasteiger partial charge in [-0.3, -0.25) is 4.79 Å². The van der Waals surface area contributed by atoms with Crippen molar-refractivity contribution in [3.63, 3.8) is 0 Å². The first-order valence-corrected chi connectivity index (χ1v) is 8.15. The van der Waals surface area contributed by atoms with Gasteiger partial charge in [-0.1, -0.05) is 40.9 Å². The van der Waals surface area contributed by atoms with Crippen molar-refractivity contribution >= 4 is 21.9 Å². The summed E-state index contributed by atoms with van der Waals surface area (Å²) in [5.74, 6) is 0.197. The van der Waals surface area contributed by atoms with Gasteiger partial charge in [0.15, 0.2) is 0 Å². The maximum atomic E-state index is 10.8. The van der Waals surface area contributed by atoms with Crippen molar-refractivity contribution in [3.05, 3.63) is 41.3 Å². The minimum atomic E-state index is -0.0208. The SMILES string of the molecule is Brc1ccc(-c2cnc[nH]2)cc1.C#C.COC(=O)C1CCCC1. The smallest absolute Gasteiger partial charge is 0.308 e. The summed E-state index contributed by atoms with van der Waals surface area (Å²) in [5, 5.41) is 0. The van der Waals surface area contributed by atoms with E-state index in [2.05, 4.69) is 43.5 Å². The zero-order chi connectivity index (χ0) is 17.1. The molecule has 1 saturated carbocycles. The Bertz CT molecular complexity index is 585. The van der Waals surface area contributed by atoms with Gasteiger partial charge in [-0.2, -0.15) is 0 Å². The lowest BCUT2D eigenvalue weighted by Crippen LogP contribution is -2.11. The standard InChI is InChI=1S/C9H7BrN2.C7H12O2.C2H2/c10-8-3-1-7(2-4-8)9-5-11-6-12-9;1-9-7(8)6-4-2-3-5-6;1-2/h1-6H,(H,11,12);6H,2-5H2,1H3;1-2H. The van der Waals surface area contributed by atoms with E-state index in [0.717, 1.165) is 28.6 Å². The van der Waals surface area contributed by atoms with Crippen molar-refractivity contribution in [2.24, 2.45) is 5.92 Å². The number of esters is 1. The van der Waals surface area contributed by atoms with E-state index < -0.39 is 0 Å². The van der Waals surface area contributed by atoms with Crippen molar-refractivity contribution < 1.29 is 9.53 Å². The van der Waals surface area contributed by atoms with E-state index >= 15 is 0 Å². The van der Waals surface area contributed by atoms with Crippen LogP contribution in [-0.2, 0) is 9.53 Å². The van der Waals surface area contributed by atoms with Crippen LogP contribution in [0, 0.1) is 18.8 Å². The van der Waals surface area contributed by atoms with E-state index in [4.69, 9.17) is 0 Å². The van der Waals surface area contributed by atoms with Gasteiger partial charge >= 0.3 is 5.97 Å². The molecular formula is C18H21BrN2O2. The van der Waals surface area contributed by atoms with Crippen LogP contribution in [0.3, 0.4) is 0 Å². The van der Waals surface area contributed by atoms with Crippen LogP contribution in [0.5, 0.6) is 0 Å². The second kappa shape index (κ2) is 10.6. The number of H-pyrrole nitrogens is 1. The van der Waals surface area contributed by atoms with Gasteiger partial charge in [0.1, 0.15) is 0 Å². The Morgan fingerprint density at radius 1 is 1.26 bits per heavy atom. The molecule has 1 heterocycles. The Labute approximate surface area is 145 Å². The van der Waals surface area contributed by atoms with E-state index in [-0.39, 0.29) is 11.9 Å². The monoisotopic (exact) mass is 376 g/mol. The third kappa shape index (κ3) is 6.29. The summed E-state index contributed by atoms with van der Waals surface area (Å²) in [6.45, 7) is 0. The fraction of sp³-hybridized carbons (Fsp3) is 0.333. The molecule has 0 amide bonds. The zero-order valence-corrected chi connectivity index (χ0v) is 14.8. The van der Waals surface area contributed by atoms with Gasteiger partial charge in [-0.15, -0.1) is 12.8 Å². The van der Waals surface area contributed by atoms with Crippen molar-refractivity contribution in [3.8, 4) is 24.1 Å². The zero-order valence-electron chi connectivity index (χ0n) is 13.2. The Morgan fingerprint density at radius 2 is 1.87 bits per heavy atom. The number of imidazole rings is 1. The molecule has 5 heteroatoms. The summed E-state index contributed by atoms with van der Waals surface area (Å²) in [4.78, 5) is 17.8. The molecule has 122 valence electrons. The van der Waals surface area contributed by atoms with E-state index in [9.17, 15) is 4.79 Å². The lowest BCUT2D eigenvalue weighted by atomic mass is 10.1. The van der Waals surface area contributed by atoms with E-state index in [0.29, 0.717) is 0 Å². The molecule has 1 aliphatic carbocycles. The molecule has 0 spiro atoms. The van der Waals surface area contributed by atoms with Crippen LogP contribution < -0.4 is 0 Å². The maximum Gasteiger partial charge on any atom is 0.308 e. The third-order valence-electron chi connectivity index (χ3n) is 3.54. The lowest BCUT2D eigenvalue weighted by Gasteiger charge is -2.03. The number of hydrogen-bond acceptors (Lipinski definition) is 3. The highest BCUT2D eigenvalue weighted by molar-refractivity contribution is 9.10. The van der Waals surface area contributed by atoms with Crippen molar-refractivity contribution in [1.29, 1.82) is 0 Å². The van der Waals surface area contributed by atoms with Gasteiger partial charge in [0.25, 0.3) is 0 Å². The molecule has 23 heavy (non-hydrogen) atoms. The molecule has 0 bridgehead atoms. The molecule has 3 rings (SSSR count). The summed E-state index contributed by atoms with van der Waals surface area (Å²) in [5.41, 5.74) is 2.19. The second-order valence-electron chi connectivity index (χ2n) is 4.98. The van der Waals surface area contributed by atoms with E-state index in [1.165, 1.54) is 20.0 Å². The minimum absolute atomic E-state index is 0.0208. The fourth-order valence-corrected chi connectivity index (χ4v) is 2.64. The third-order valence-corrected chi connectivity index (χ3v) is 4.07. The van der Waals surface area contributed by atoms with Crippen LogP contribution in [0.4, 0.5) is 0 Å². The minimum Gasteiger partial charge on any atom is -0.469 e. The molecule has 1 aromatic carbocycles. The summed E-state index contributed by atoms with van der Waals surface area (Å²) in [6.07, 6.45) is 15.9. The molecule has 0 aliphatic heterocycles. The first-order chi connectivity index (χ1) is 11.2. The van der Waals surface area contributed by atoms with Crippen LogP contribution in [0.25, 0.3) is 11.3 Å². The molecule has 1 N–H and O–H groups in total. The Balaban J connectivity index is 0.000000215. The molecule has 1 fully saturated rings. The number of rotatable bonds is 2. The first kappa shape index (κ1) is 19.0. The van der Waals surface area contributed by atoms with Gasteiger partial charge < -0.3 is 9.72 Å². The van der Waals surface area contributed by atoms with Gasteiger partial charge in [-0.05, 0) is 30.5 Å². The number of carbonyl (C=O) groups excluding carboxylic acids is 1. The number of nitrogens with one attached hydrogen (secondary N) is 1. The highest BCUT2D eigenvalue weighted by Crippen LogP contribution is 2.25. The normalized spacial score (nSPS) is 13.2.